The Bertz CT molecular complexity index is 697. The van der Waals surface area contributed by atoms with Gasteiger partial charge < -0.3 is 15.5 Å². The van der Waals surface area contributed by atoms with E-state index < -0.39 is 11.3 Å². The highest BCUT2D eigenvalue weighted by Gasteiger charge is 2.27. The van der Waals surface area contributed by atoms with Crippen LogP contribution in [-0.2, 0) is 11.8 Å². The Morgan fingerprint density at radius 3 is 2.85 bits per heavy atom. The van der Waals surface area contributed by atoms with Crippen molar-refractivity contribution in [1.29, 1.82) is 0 Å². The summed E-state index contributed by atoms with van der Waals surface area (Å²) in [7, 11) is 1.63. The number of rotatable bonds is 4. The molecule has 6 heteroatoms. The highest BCUT2D eigenvalue weighted by Crippen LogP contribution is 2.19. The number of oxazole rings is 1. The maximum absolute atomic E-state index is 12.1. The number of carbonyl (C=O) groups excluding carboxylic acids is 1. The largest absolute Gasteiger partial charge is 0.419 e. The molecular formula is C14H19N3O3. The van der Waals surface area contributed by atoms with Crippen molar-refractivity contribution in [1.82, 2.24) is 4.57 Å². The van der Waals surface area contributed by atoms with Crippen LogP contribution in [0.5, 0.6) is 0 Å². The molecule has 0 radical (unpaired) electrons. The van der Waals surface area contributed by atoms with E-state index in [1.165, 1.54) is 4.57 Å². The summed E-state index contributed by atoms with van der Waals surface area (Å²) in [5.41, 5.74) is 6.73. The molecule has 0 saturated carbocycles. The molecule has 0 aliphatic carbocycles. The van der Waals surface area contributed by atoms with Gasteiger partial charge in [0.2, 0.25) is 5.91 Å². The molecule has 1 aromatic carbocycles. The van der Waals surface area contributed by atoms with E-state index in [0.29, 0.717) is 23.2 Å². The number of aromatic nitrogens is 1. The third-order valence-electron chi connectivity index (χ3n) is 3.34. The molecular weight excluding hydrogens is 258 g/mol. The van der Waals surface area contributed by atoms with Gasteiger partial charge in [-0.05, 0) is 25.5 Å². The number of nitrogens with zero attached hydrogens (tertiary/aromatic N) is 1. The summed E-state index contributed by atoms with van der Waals surface area (Å²) in [6.45, 7) is 3.68. The molecule has 1 heterocycles. The Morgan fingerprint density at radius 1 is 1.50 bits per heavy atom. The summed E-state index contributed by atoms with van der Waals surface area (Å²) < 4.78 is 6.49. The van der Waals surface area contributed by atoms with Gasteiger partial charge >= 0.3 is 5.76 Å². The molecule has 1 unspecified atom stereocenters. The maximum atomic E-state index is 12.1. The fraction of sp³-hybridized carbons (Fsp3) is 0.429. The Kier molecular flexibility index (Phi) is 3.67. The summed E-state index contributed by atoms with van der Waals surface area (Å²) in [4.78, 5) is 23.5. The summed E-state index contributed by atoms with van der Waals surface area (Å²) in [5, 5.41) is 2.75. The van der Waals surface area contributed by atoms with Crippen LogP contribution in [0.15, 0.2) is 27.4 Å². The first-order valence-electron chi connectivity index (χ1n) is 6.55. The Labute approximate surface area is 116 Å². The lowest BCUT2D eigenvalue weighted by Gasteiger charge is -2.22. The van der Waals surface area contributed by atoms with E-state index in [0.717, 1.165) is 6.42 Å². The topological polar surface area (TPSA) is 90.3 Å². The lowest BCUT2D eigenvalue weighted by atomic mass is 9.96. The SMILES string of the molecule is CCCC(C)(N)C(=O)Nc1ccc2c(c1)oc(=O)n2C. The zero-order valence-corrected chi connectivity index (χ0v) is 11.9. The van der Waals surface area contributed by atoms with Crippen molar-refractivity contribution in [2.45, 2.75) is 32.2 Å². The van der Waals surface area contributed by atoms with Gasteiger partial charge in [-0.2, -0.15) is 0 Å². The van der Waals surface area contributed by atoms with E-state index in [4.69, 9.17) is 10.2 Å². The average molecular weight is 277 g/mol. The molecule has 3 N–H and O–H groups in total. The fourth-order valence-corrected chi connectivity index (χ4v) is 2.12. The van der Waals surface area contributed by atoms with Crippen molar-refractivity contribution in [2.24, 2.45) is 12.8 Å². The predicted octanol–water partition coefficient (Wildman–Crippen LogP) is 1.59. The second-order valence-electron chi connectivity index (χ2n) is 5.23. The number of aryl methyl sites for hydroxylation is 1. The van der Waals surface area contributed by atoms with Crippen molar-refractivity contribution in [3.05, 3.63) is 28.7 Å². The molecule has 0 fully saturated rings. The molecule has 2 rings (SSSR count). The van der Waals surface area contributed by atoms with Crippen LogP contribution < -0.4 is 16.8 Å². The van der Waals surface area contributed by atoms with Gasteiger partial charge in [-0.15, -0.1) is 0 Å². The number of benzene rings is 1. The predicted molar refractivity (Wildman–Crippen MR) is 77.6 cm³/mol. The van der Waals surface area contributed by atoms with Gasteiger partial charge in [0.15, 0.2) is 5.58 Å². The summed E-state index contributed by atoms with van der Waals surface area (Å²) >= 11 is 0. The van der Waals surface area contributed by atoms with E-state index in [1.807, 2.05) is 6.92 Å². The zero-order valence-electron chi connectivity index (χ0n) is 11.9. The molecule has 0 spiro atoms. The van der Waals surface area contributed by atoms with Gasteiger partial charge in [-0.1, -0.05) is 13.3 Å². The number of hydrogen-bond donors (Lipinski definition) is 2. The summed E-state index contributed by atoms with van der Waals surface area (Å²) in [5.74, 6) is -0.685. The van der Waals surface area contributed by atoms with Crippen LogP contribution >= 0.6 is 0 Å². The molecule has 0 saturated heterocycles. The summed E-state index contributed by atoms with van der Waals surface area (Å²) in [6.07, 6.45) is 1.43. The van der Waals surface area contributed by atoms with Gasteiger partial charge in [0.1, 0.15) is 0 Å². The molecule has 1 amide bonds. The number of nitrogens with one attached hydrogen (secondary N) is 1. The van der Waals surface area contributed by atoms with Gasteiger partial charge in [0.25, 0.3) is 0 Å². The number of hydrogen-bond acceptors (Lipinski definition) is 4. The third-order valence-corrected chi connectivity index (χ3v) is 3.34. The van der Waals surface area contributed by atoms with Crippen molar-refractivity contribution >= 4 is 22.7 Å². The second kappa shape index (κ2) is 5.13. The lowest BCUT2D eigenvalue weighted by molar-refractivity contribution is -0.120. The van der Waals surface area contributed by atoms with E-state index in [2.05, 4.69) is 5.32 Å². The molecule has 0 aliphatic rings. The lowest BCUT2D eigenvalue weighted by Crippen LogP contribution is -2.48. The number of anilines is 1. The minimum absolute atomic E-state index is 0.253. The van der Waals surface area contributed by atoms with E-state index in [-0.39, 0.29) is 5.91 Å². The smallest absolute Gasteiger partial charge is 0.408 e. The molecule has 1 aromatic heterocycles. The standard InChI is InChI=1S/C14H19N3O3/c1-4-7-14(2,15)12(18)16-9-5-6-10-11(8-9)20-13(19)17(10)3/h5-6,8H,4,7,15H2,1-3H3,(H,16,18). The number of nitrogens with two attached hydrogens (primary N) is 1. The molecule has 108 valence electrons. The summed E-state index contributed by atoms with van der Waals surface area (Å²) in [6, 6.07) is 5.07. The van der Waals surface area contributed by atoms with Crippen LogP contribution in [-0.4, -0.2) is 16.0 Å². The molecule has 1 atom stereocenters. The van der Waals surface area contributed by atoms with Crippen molar-refractivity contribution in [3.63, 3.8) is 0 Å². The Balaban J connectivity index is 2.26. The number of carbonyl (C=O) groups is 1. The van der Waals surface area contributed by atoms with Gasteiger partial charge in [0.05, 0.1) is 11.1 Å². The monoisotopic (exact) mass is 277 g/mol. The van der Waals surface area contributed by atoms with Crippen LogP contribution in [0.2, 0.25) is 0 Å². The molecule has 6 nitrogen and oxygen atoms in total. The number of fused-ring (bicyclic) bond motifs is 1. The zero-order chi connectivity index (χ0) is 14.9. The van der Waals surface area contributed by atoms with E-state index in [1.54, 1.807) is 32.2 Å². The molecule has 20 heavy (non-hydrogen) atoms. The Morgan fingerprint density at radius 2 is 2.20 bits per heavy atom. The Hall–Kier alpha value is -2.08. The highest BCUT2D eigenvalue weighted by atomic mass is 16.4. The van der Waals surface area contributed by atoms with Gasteiger partial charge in [-0.3, -0.25) is 9.36 Å². The number of amides is 1. The highest BCUT2D eigenvalue weighted by molar-refractivity contribution is 5.98. The van der Waals surface area contributed by atoms with Crippen LogP contribution in [0.1, 0.15) is 26.7 Å². The first-order valence-corrected chi connectivity index (χ1v) is 6.55. The average Bonchev–Trinajstić information content (AvgIpc) is 2.64. The second-order valence-corrected chi connectivity index (χ2v) is 5.23. The first kappa shape index (κ1) is 14.3. The maximum Gasteiger partial charge on any atom is 0.419 e. The molecule has 0 bridgehead atoms. The molecule has 2 aromatic rings. The van der Waals surface area contributed by atoms with Crippen LogP contribution in [0.4, 0.5) is 5.69 Å². The van der Waals surface area contributed by atoms with Crippen LogP contribution in [0.3, 0.4) is 0 Å². The van der Waals surface area contributed by atoms with E-state index >= 15 is 0 Å². The van der Waals surface area contributed by atoms with Crippen molar-refractivity contribution in [3.8, 4) is 0 Å². The minimum Gasteiger partial charge on any atom is -0.408 e. The van der Waals surface area contributed by atoms with Crippen LogP contribution in [0, 0.1) is 0 Å². The fourth-order valence-electron chi connectivity index (χ4n) is 2.12. The van der Waals surface area contributed by atoms with Gasteiger partial charge in [0, 0.05) is 18.8 Å². The quantitative estimate of drug-likeness (QED) is 0.888. The third kappa shape index (κ3) is 2.60. The van der Waals surface area contributed by atoms with Crippen molar-refractivity contribution < 1.29 is 9.21 Å². The van der Waals surface area contributed by atoms with Crippen LogP contribution in [0.25, 0.3) is 11.1 Å². The molecule has 0 aliphatic heterocycles. The van der Waals surface area contributed by atoms with Gasteiger partial charge in [-0.25, -0.2) is 4.79 Å². The van der Waals surface area contributed by atoms with E-state index in [9.17, 15) is 9.59 Å². The van der Waals surface area contributed by atoms with Crippen molar-refractivity contribution in [2.75, 3.05) is 5.32 Å². The normalized spacial score (nSPS) is 14.2. The minimum atomic E-state index is -0.915. The first-order chi connectivity index (χ1) is 9.35.